The van der Waals surface area contributed by atoms with Crippen molar-refractivity contribution in [3.05, 3.63) is 64.9 Å². The van der Waals surface area contributed by atoms with Crippen molar-refractivity contribution >= 4 is 23.3 Å². The molecule has 1 atom stereocenters. The van der Waals surface area contributed by atoms with E-state index >= 15 is 0 Å². The summed E-state index contributed by atoms with van der Waals surface area (Å²) in [5.74, 6) is -1.02. The largest absolute Gasteiger partial charge is 0.467 e. The van der Waals surface area contributed by atoms with E-state index in [9.17, 15) is 9.18 Å². The summed E-state index contributed by atoms with van der Waals surface area (Å²) in [5.41, 5.74) is 1.13. The first kappa shape index (κ1) is 14.3. The van der Waals surface area contributed by atoms with Crippen molar-refractivity contribution in [2.45, 2.75) is 6.04 Å². The molecule has 0 aromatic heterocycles. The van der Waals surface area contributed by atoms with E-state index in [4.69, 9.17) is 16.3 Å². The van der Waals surface area contributed by atoms with Crippen LogP contribution < -0.4 is 5.32 Å². The quantitative estimate of drug-likeness (QED) is 0.871. The van der Waals surface area contributed by atoms with Gasteiger partial charge in [-0.1, -0.05) is 29.8 Å². The van der Waals surface area contributed by atoms with Gasteiger partial charge < -0.3 is 10.1 Å². The summed E-state index contributed by atoms with van der Waals surface area (Å²) in [6.07, 6.45) is 0. The molecule has 0 amide bonds. The molecule has 5 heteroatoms. The minimum absolute atomic E-state index is 0.226. The maximum absolute atomic E-state index is 13.4. The number of benzene rings is 2. The number of anilines is 1. The van der Waals surface area contributed by atoms with E-state index < -0.39 is 17.8 Å². The molecule has 2 aromatic rings. The molecule has 0 aliphatic carbocycles. The maximum Gasteiger partial charge on any atom is 0.332 e. The van der Waals surface area contributed by atoms with E-state index in [1.807, 2.05) is 18.2 Å². The molecule has 1 N–H and O–H groups in total. The molecule has 0 saturated carbocycles. The molecule has 20 heavy (non-hydrogen) atoms. The Kier molecular flexibility index (Phi) is 4.58. The highest BCUT2D eigenvalue weighted by atomic mass is 35.5. The predicted octanol–water partition coefficient (Wildman–Crippen LogP) is 3.81. The lowest BCUT2D eigenvalue weighted by molar-refractivity contribution is -0.141. The van der Waals surface area contributed by atoms with Crippen molar-refractivity contribution in [2.75, 3.05) is 12.4 Å². The van der Waals surface area contributed by atoms with Crippen LogP contribution in [0.1, 0.15) is 11.6 Å². The molecule has 104 valence electrons. The Hall–Kier alpha value is -2.07. The second-order valence-electron chi connectivity index (χ2n) is 4.17. The summed E-state index contributed by atoms with van der Waals surface area (Å²) in [6.45, 7) is 0. The van der Waals surface area contributed by atoms with Gasteiger partial charge in [0.25, 0.3) is 0 Å². The highest BCUT2D eigenvalue weighted by Gasteiger charge is 2.22. The van der Waals surface area contributed by atoms with Crippen LogP contribution in [0.3, 0.4) is 0 Å². The van der Waals surface area contributed by atoms with Crippen LogP contribution in [0.5, 0.6) is 0 Å². The number of carbonyl (C=O) groups is 1. The summed E-state index contributed by atoms with van der Waals surface area (Å²) in [7, 11) is 1.28. The molecule has 0 heterocycles. The minimum atomic E-state index is -0.824. The van der Waals surface area contributed by atoms with Gasteiger partial charge in [-0.05, 0) is 35.9 Å². The Morgan fingerprint density at radius 2 is 1.95 bits per heavy atom. The van der Waals surface area contributed by atoms with Gasteiger partial charge in [0.15, 0.2) is 6.04 Å². The van der Waals surface area contributed by atoms with Crippen molar-refractivity contribution in [1.29, 1.82) is 0 Å². The SMILES string of the molecule is COC(=O)C(Nc1ccccc1)c1cc(F)cc(Cl)c1. The van der Waals surface area contributed by atoms with Gasteiger partial charge in [-0.2, -0.15) is 0 Å². The minimum Gasteiger partial charge on any atom is -0.467 e. The number of carbonyl (C=O) groups excluding carboxylic acids is 1. The molecule has 0 bridgehead atoms. The highest BCUT2D eigenvalue weighted by Crippen LogP contribution is 2.24. The monoisotopic (exact) mass is 293 g/mol. The molecule has 1 unspecified atom stereocenters. The summed E-state index contributed by atoms with van der Waals surface area (Å²) in [4.78, 5) is 11.9. The fraction of sp³-hybridized carbons (Fsp3) is 0.133. The number of methoxy groups -OCH3 is 1. The Morgan fingerprint density at radius 1 is 1.25 bits per heavy atom. The van der Waals surface area contributed by atoms with Crippen molar-refractivity contribution in [1.82, 2.24) is 0 Å². The fourth-order valence-corrected chi connectivity index (χ4v) is 2.07. The van der Waals surface area contributed by atoms with E-state index in [1.165, 1.54) is 25.3 Å². The van der Waals surface area contributed by atoms with Crippen LogP contribution >= 0.6 is 11.6 Å². The molecule has 0 aliphatic heterocycles. The van der Waals surface area contributed by atoms with Gasteiger partial charge in [-0.3, -0.25) is 0 Å². The van der Waals surface area contributed by atoms with Gasteiger partial charge in [-0.15, -0.1) is 0 Å². The van der Waals surface area contributed by atoms with Gasteiger partial charge in [0, 0.05) is 10.7 Å². The molecule has 0 saturated heterocycles. The lowest BCUT2D eigenvalue weighted by atomic mass is 10.1. The van der Waals surface area contributed by atoms with E-state index in [2.05, 4.69) is 5.32 Å². The van der Waals surface area contributed by atoms with Gasteiger partial charge in [-0.25, -0.2) is 9.18 Å². The van der Waals surface area contributed by atoms with E-state index in [0.717, 1.165) is 5.69 Å². The summed E-state index contributed by atoms with van der Waals surface area (Å²) in [5, 5.41) is 3.23. The predicted molar refractivity (Wildman–Crippen MR) is 76.2 cm³/mol. The number of para-hydroxylation sites is 1. The van der Waals surface area contributed by atoms with Crippen LogP contribution in [0, 0.1) is 5.82 Å². The zero-order chi connectivity index (χ0) is 14.5. The lowest BCUT2D eigenvalue weighted by Gasteiger charge is -2.18. The summed E-state index contributed by atoms with van der Waals surface area (Å²) in [6, 6.07) is 12.3. The number of ether oxygens (including phenoxy) is 1. The molecule has 0 spiro atoms. The average molecular weight is 294 g/mol. The van der Waals surface area contributed by atoms with Gasteiger partial charge in [0.2, 0.25) is 0 Å². The number of rotatable bonds is 4. The Bertz CT molecular complexity index is 584. The number of halogens is 2. The maximum atomic E-state index is 13.4. The molecule has 0 radical (unpaired) electrons. The second-order valence-corrected chi connectivity index (χ2v) is 4.61. The van der Waals surface area contributed by atoms with Crippen LogP contribution in [0.15, 0.2) is 48.5 Å². The summed E-state index contributed by atoms with van der Waals surface area (Å²) >= 11 is 5.83. The standard InChI is InChI=1S/C15H13ClFNO2/c1-20-15(19)14(18-13-5-3-2-4-6-13)10-7-11(16)9-12(17)8-10/h2-9,14,18H,1H3. The van der Waals surface area contributed by atoms with Crippen LogP contribution in [-0.4, -0.2) is 13.1 Å². The molecular weight excluding hydrogens is 281 g/mol. The van der Waals surface area contributed by atoms with E-state index in [0.29, 0.717) is 5.56 Å². The first-order valence-corrected chi connectivity index (χ1v) is 6.33. The fourth-order valence-electron chi connectivity index (χ4n) is 1.84. The van der Waals surface area contributed by atoms with Crippen LogP contribution in [0.4, 0.5) is 10.1 Å². The third-order valence-corrected chi connectivity index (χ3v) is 2.96. The smallest absolute Gasteiger partial charge is 0.332 e. The van der Waals surface area contributed by atoms with Crippen LogP contribution in [0.25, 0.3) is 0 Å². The Labute approximate surface area is 121 Å². The van der Waals surface area contributed by atoms with Gasteiger partial charge >= 0.3 is 5.97 Å². The zero-order valence-corrected chi connectivity index (χ0v) is 11.5. The van der Waals surface area contributed by atoms with E-state index in [1.54, 1.807) is 12.1 Å². The number of hydrogen-bond donors (Lipinski definition) is 1. The molecule has 0 fully saturated rings. The van der Waals surface area contributed by atoms with E-state index in [-0.39, 0.29) is 5.02 Å². The average Bonchev–Trinajstić information content (AvgIpc) is 2.44. The van der Waals surface area contributed by atoms with Crippen molar-refractivity contribution in [2.24, 2.45) is 0 Å². The number of esters is 1. The number of hydrogen-bond acceptors (Lipinski definition) is 3. The zero-order valence-electron chi connectivity index (χ0n) is 10.8. The molecule has 0 aliphatic rings. The van der Waals surface area contributed by atoms with Crippen molar-refractivity contribution < 1.29 is 13.9 Å². The summed E-state index contributed by atoms with van der Waals surface area (Å²) < 4.78 is 18.2. The van der Waals surface area contributed by atoms with Crippen LogP contribution in [-0.2, 0) is 9.53 Å². The second kappa shape index (κ2) is 6.39. The third-order valence-electron chi connectivity index (χ3n) is 2.74. The molecular formula is C15H13ClFNO2. The lowest BCUT2D eigenvalue weighted by Crippen LogP contribution is -2.22. The third kappa shape index (κ3) is 3.48. The first-order valence-electron chi connectivity index (χ1n) is 5.95. The molecule has 2 rings (SSSR count). The van der Waals surface area contributed by atoms with Gasteiger partial charge in [0.05, 0.1) is 7.11 Å². The molecule has 3 nitrogen and oxygen atoms in total. The van der Waals surface area contributed by atoms with Crippen molar-refractivity contribution in [3.63, 3.8) is 0 Å². The molecule has 2 aromatic carbocycles. The van der Waals surface area contributed by atoms with Gasteiger partial charge in [0.1, 0.15) is 5.82 Å². The van der Waals surface area contributed by atoms with Crippen molar-refractivity contribution in [3.8, 4) is 0 Å². The number of nitrogens with one attached hydrogen (secondary N) is 1. The Morgan fingerprint density at radius 3 is 2.55 bits per heavy atom. The topological polar surface area (TPSA) is 38.3 Å². The Balaban J connectivity index is 2.34. The van der Waals surface area contributed by atoms with Crippen LogP contribution in [0.2, 0.25) is 5.02 Å². The normalized spacial score (nSPS) is 11.8. The highest BCUT2D eigenvalue weighted by molar-refractivity contribution is 6.30. The first-order chi connectivity index (χ1) is 9.60.